The summed E-state index contributed by atoms with van der Waals surface area (Å²) in [7, 11) is 0. The van der Waals surface area contributed by atoms with Gasteiger partial charge >= 0.3 is 0 Å². The van der Waals surface area contributed by atoms with Crippen LogP contribution in [-0.4, -0.2) is 18.5 Å². The zero-order valence-corrected chi connectivity index (χ0v) is 9.84. The molecule has 0 aromatic heterocycles. The van der Waals surface area contributed by atoms with E-state index in [9.17, 15) is 4.79 Å². The highest BCUT2D eigenvalue weighted by atomic mass is 16.2. The Kier molecular flexibility index (Phi) is 6.54. The van der Waals surface area contributed by atoms with E-state index in [2.05, 4.69) is 19.2 Å². The minimum absolute atomic E-state index is 0.0243. The molecule has 0 aromatic rings. The van der Waals surface area contributed by atoms with Gasteiger partial charge in [0.25, 0.3) is 0 Å². The van der Waals surface area contributed by atoms with Crippen LogP contribution in [0, 0.1) is 11.8 Å². The van der Waals surface area contributed by atoms with Crippen LogP contribution in [-0.2, 0) is 4.79 Å². The van der Waals surface area contributed by atoms with Crippen LogP contribution in [0.5, 0.6) is 0 Å². The number of nitrogens with two attached hydrogens (primary N) is 1. The highest BCUT2D eigenvalue weighted by Gasteiger charge is 2.15. The van der Waals surface area contributed by atoms with E-state index in [-0.39, 0.29) is 17.9 Å². The number of rotatable bonds is 6. The van der Waals surface area contributed by atoms with Gasteiger partial charge in [0.2, 0.25) is 5.91 Å². The maximum atomic E-state index is 11.4. The summed E-state index contributed by atoms with van der Waals surface area (Å²) in [4.78, 5) is 11.4. The van der Waals surface area contributed by atoms with Crippen molar-refractivity contribution in [1.82, 2.24) is 5.32 Å². The van der Waals surface area contributed by atoms with Crippen molar-refractivity contribution in [1.29, 1.82) is 0 Å². The molecular weight excluding hydrogens is 176 g/mol. The summed E-state index contributed by atoms with van der Waals surface area (Å²) >= 11 is 0. The maximum absolute atomic E-state index is 11.4. The number of amides is 1. The molecule has 0 aliphatic carbocycles. The third-order valence-electron chi connectivity index (χ3n) is 2.28. The molecule has 3 N–H and O–H groups in total. The summed E-state index contributed by atoms with van der Waals surface area (Å²) in [5.74, 6) is 0.884. The second-order valence-electron chi connectivity index (χ2n) is 4.60. The molecule has 3 nitrogen and oxygen atoms in total. The molecule has 14 heavy (non-hydrogen) atoms. The Morgan fingerprint density at radius 1 is 1.29 bits per heavy atom. The Balaban J connectivity index is 3.54. The van der Waals surface area contributed by atoms with Crippen molar-refractivity contribution in [2.75, 3.05) is 6.54 Å². The van der Waals surface area contributed by atoms with Gasteiger partial charge in [-0.2, -0.15) is 0 Å². The van der Waals surface area contributed by atoms with Crippen molar-refractivity contribution in [3.63, 3.8) is 0 Å². The van der Waals surface area contributed by atoms with Gasteiger partial charge in [0.1, 0.15) is 0 Å². The second kappa shape index (κ2) is 6.82. The van der Waals surface area contributed by atoms with Crippen LogP contribution in [0.15, 0.2) is 0 Å². The summed E-state index contributed by atoms with van der Waals surface area (Å²) in [5, 5.41) is 2.86. The van der Waals surface area contributed by atoms with Gasteiger partial charge in [0.15, 0.2) is 0 Å². The van der Waals surface area contributed by atoms with Crippen LogP contribution in [0.3, 0.4) is 0 Å². The predicted octanol–water partition coefficient (Wildman–Crippen LogP) is 1.52. The van der Waals surface area contributed by atoms with Gasteiger partial charge in [-0.3, -0.25) is 4.79 Å². The van der Waals surface area contributed by atoms with Crippen molar-refractivity contribution in [3.05, 3.63) is 0 Å². The van der Waals surface area contributed by atoms with Crippen molar-refractivity contribution in [3.8, 4) is 0 Å². The molecular formula is C11H24N2O. The monoisotopic (exact) mass is 200 g/mol. The van der Waals surface area contributed by atoms with E-state index in [0.717, 1.165) is 19.4 Å². The van der Waals surface area contributed by atoms with Gasteiger partial charge in [0.05, 0.1) is 6.04 Å². The number of nitrogens with one attached hydrogen (secondary N) is 1. The van der Waals surface area contributed by atoms with Crippen LogP contribution >= 0.6 is 0 Å². The average Bonchev–Trinajstić information content (AvgIpc) is 2.10. The summed E-state index contributed by atoms with van der Waals surface area (Å²) in [6.07, 6.45) is 2.19. The van der Waals surface area contributed by atoms with E-state index in [1.165, 1.54) is 0 Å². The fourth-order valence-corrected chi connectivity index (χ4v) is 1.14. The molecule has 0 saturated heterocycles. The van der Waals surface area contributed by atoms with Gasteiger partial charge < -0.3 is 11.1 Å². The summed E-state index contributed by atoms with van der Waals surface area (Å²) in [6, 6.07) is -0.367. The SMILES string of the molecule is CC(C)CCCNC(=O)[C@H](N)C(C)C. The van der Waals surface area contributed by atoms with Crippen LogP contribution in [0.4, 0.5) is 0 Å². The molecule has 0 radical (unpaired) electrons. The largest absolute Gasteiger partial charge is 0.355 e. The quantitative estimate of drug-likeness (QED) is 0.639. The van der Waals surface area contributed by atoms with Crippen molar-refractivity contribution in [2.45, 2.75) is 46.6 Å². The highest BCUT2D eigenvalue weighted by Crippen LogP contribution is 2.02. The van der Waals surface area contributed by atoms with E-state index in [1.54, 1.807) is 0 Å². The Hall–Kier alpha value is -0.570. The lowest BCUT2D eigenvalue weighted by atomic mass is 10.0. The second-order valence-corrected chi connectivity index (χ2v) is 4.60. The van der Waals surface area contributed by atoms with E-state index >= 15 is 0 Å². The molecule has 0 aliphatic heterocycles. The Bertz CT molecular complexity index is 167. The first-order valence-corrected chi connectivity index (χ1v) is 5.48. The van der Waals surface area contributed by atoms with Gasteiger partial charge in [-0.1, -0.05) is 27.7 Å². The number of carbonyl (C=O) groups excluding carboxylic acids is 1. The highest BCUT2D eigenvalue weighted by molar-refractivity contribution is 5.81. The topological polar surface area (TPSA) is 55.1 Å². The lowest BCUT2D eigenvalue weighted by Gasteiger charge is -2.15. The third-order valence-corrected chi connectivity index (χ3v) is 2.28. The third kappa shape index (κ3) is 5.97. The first-order chi connectivity index (χ1) is 6.45. The molecule has 1 amide bonds. The average molecular weight is 200 g/mol. The molecule has 0 rings (SSSR count). The molecule has 0 aliphatic rings. The molecule has 0 bridgehead atoms. The van der Waals surface area contributed by atoms with Gasteiger partial charge in [-0.05, 0) is 24.7 Å². The molecule has 0 heterocycles. The van der Waals surface area contributed by atoms with Crippen molar-refractivity contribution >= 4 is 5.91 Å². The fourth-order valence-electron chi connectivity index (χ4n) is 1.14. The lowest BCUT2D eigenvalue weighted by molar-refractivity contribution is -0.123. The minimum atomic E-state index is -0.367. The summed E-state index contributed by atoms with van der Waals surface area (Å²) < 4.78 is 0. The van der Waals surface area contributed by atoms with Gasteiger partial charge in [-0.25, -0.2) is 0 Å². The minimum Gasteiger partial charge on any atom is -0.355 e. The standard InChI is InChI=1S/C11H24N2O/c1-8(2)6-5-7-13-11(14)10(12)9(3)4/h8-10H,5-7,12H2,1-4H3,(H,13,14)/t10-/m1/s1. The number of hydrogen-bond donors (Lipinski definition) is 2. The van der Waals surface area contributed by atoms with Gasteiger partial charge in [-0.15, -0.1) is 0 Å². The molecule has 3 heteroatoms. The summed E-state index contributed by atoms with van der Waals surface area (Å²) in [5.41, 5.74) is 5.69. The fraction of sp³-hybridized carbons (Fsp3) is 0.909. The molecule has 0 saturated carbocycles. The van der Waals surface area contributed by atoms with Crippen molar-refractivity contribution < 1.29 is 4.79 Å². The maximum Gasteiger partial charge on any atom is 0.237 e. The molecule has 0 fully saturated rings. The normalized spacial score (nSPS) is 13.4. The molecule has 0 spiro atoms. The Labute approximate surface area is 87.4 Å². The van der Waals surface area contributed by atoms with E-state index < -0.39 is 0 Å². The van der Waals surface area contributed by atoms with Crippen LogP contribution < -0.4 is 11.1 Å². The first kappa shape index (κ1) is 13.4. The van der Waals surface area contributed by atoms with E-state index in [1.807, 2.05) is 13.8 Å². The molecule has 1 atom stereocenters. The first-order valence-electron chi connectivity index (χ1n) is 5.48. The Morgan fingerprint density at radius 2 is 1.86 bits per heavy atom. The Morgan fingerprint density at radius 3 is 2.29 bits per heavy atom. The van der Waals surface area contributed by atoms with Crippen LogP contribution in [0.1, 0.15) is 40.5 Å². The lowest BCUT2D eigenvalue weighted by Crippen LogP contribution is -2.44. The van der Waals surface area contributed by atoms with E-state index in [0.29, 0.717) is 5.92 Å². The molecule has 84 valence electrons. The summed E-state index contributed by atoms with van der Waals surface area (Å²) in [6.45, 7) is 9.03. The zero-order chi connectivity index (χ0) is 11.1. The zero-order valence-electron chi connectivity index (χ0n) is 9.84. The van der Waals surface area contributed by atoms with Crippen molar-refractivity contribution in [2.24, 2.45) is 17.6 Å². The number of carbonyl (C=O) groups is 1. The smallest absolute Gasteiger partial charge is 0.237 e. The predicted molar refractivity (Wildman–Crippen MR) is 59.9 cm³/mol. The number of hydrogen-bond acceptors (Lipinski definition) is 2. The van der Waals surface area contributed by atoms with Crippen LogP contribution in [0.25, 0.3) is 0 Å². The van der Waals surface area contributed by atoms with Crippen LogP contribution in [0.2, 0.25) is 0 Å². The van der Waals surface area contributed by atoms with Gasteiger partial charge in [0, 0.05) is 6.54 Å². The molecule has 0 aromatic carbocycles. The molecule has 0 unspecified atom stereocenters. The van der Waals surface area contributed by atoms with E-state index in [4.69, 9.17) is 5.73 Å².